The fraction of sp³-hybridized carbons (Fsp3) is 0.400. The molecule has 1 rings (SSSR count). The summed E-state index contributed by atoms with van der Waals surface area (Å²) < 4.78 is 46.6. The zero-order valence-corrected chi connectivity index (χ0v) is 10.7. The summed E-state index contributed by atoms with van der Waals surface area (Å²) in [5.74, 6) is 4.24. The first-order chi connectivity index (χ1) is 11.0. The van der Waals surface area contributed by atoms with Gasteiger partial charge in [0.1, 0.15) is 5.60 Å². The molecule has 19 heavy (non-hydrogen) atoms. The minimum absolute atomic E-state index is 0.299. The van der Waals surface area contributed by atoms with Crippen molar-refractivity contribution in [2.45, 2.75) is 18.8 Å². The molecule has 1 aromatic carbocycles. The monoisotopic (exact) mass is 267 g/mol. The molecule has 4 heteroatoms. The Morgan fingerprint density at radius 2 is 2.16 bits per heavy atom. The minimum atomic E-state index is -3.09. The highest BCUT2D eigenvalue weighted by Crippen LogP contribution is 2.10. The van der Waals surface area contributed by atoms with Crippen molar-refractivity contribution >= 4 is 5.97 Å². The second-order valence-corrected chi connectivity index (χ2v) is 3.74. The number of carbonyl (C=O) groups is 1. The third kappa shape index (κ3) is 4.40. The van der Waals surface area contributed by atoms with Crippen LogP contribution in [0.2, 0.25) is 0 Å². The maximum atomic E-state index is 11.3. The smallest absolute Gasteiger partial charge is 0.337 e. The van der Waals surface area contributed by atoms with Crippen LogP contribution < -0.4 is 0 Å². The molecule has 0 radical (unpaired) electrons. The summed E-state index contributed by atoms with van der Waals surface area (Å²) in [7, 11) is 2.45. The molecule has 0 amide bonds. The van der Waals surface area contributed by atoms with Gasteiger partial charge in [-0.3, -0.25) is 0 Å². The zero-order valence-electron chi connectivity index (χ0n) is 15.7. The van der Waals surface area contributed by atoms with Crippen molar-refractivity contribution in [1.82, 2.24) is 0 Å². The molecule has 1 unspecified atom stereocenters. The van der Waals surface area contributed by atoms with Gasteiger partial charge in [0.05, 0.1) is 19.3 Å². The molecule has 1 N–H and O–H groups in total. The third-order valence-corrected chi connectivity index (χ3v) is 2.28. The van der Waals surface area contributed by atoms with Gasteiger partial charge < -0.3 is 14.6 Å². The lowest BCUT2D eigenvalue weighted by Crippen LogP contribution is -2.31. The van der Waals surface area contributed by atoms with Gasteiger partial charge in [0.25, 0.3) is 0 Å². The van der Waals surface area contributed by atoms with Gasteiger partial charge in [-0.2, -0.15) is 0 Å². The lowest BCUT2D eigenvalue weighted by molar-refractivity contribution is 0.0111. The van der Waals surface area contributed by atoms with Crippen molar-refractivity contribution in [3.8, 4) is 11.8 Å². The molecule has 4 nitrogen and oxygen atoms in total. The Kier molecular flexibility index (Phi) is 3.33. The van der Waals surface area contributed by atoms with Crippen LogP contribution >= 0.6 is 0 Å². The van der Waals surface area contributed by atoms with E-state index in [0.717, 1.165) is 0 Å². The number of aliphatic hydroxyl groups is 1. The van der Waals surface area contributed by atoms with E-state index in [1.807, 2.05) is 0 Å². The SMILES string of the molecule is [2H]C([2H])([2H])C([2H])([2H])C(O)(C#Cc1ccc(C(=O)OC)cc1)COC. The van der Waals surface area contributed by atoms with Crippen molar-refractivity contribution in [2.24, 2.45) is 0 Å². The van der Waals surface area contributed by atoms with E-state index in [0.29, 0.717) is 11.1 Å². The molecule has 0 aromatic heterocycles. The highest BCUT2D eigenvalue weighted by atomic mass is 16.5. The van der Waals surface area contributed by atoms with Gasteiger partial charge in [-0.05, 0) is 30.6 Å². The maximum Gasteiger partial charge on any atom is 0.337 e. The largest absolute Gasteiger partial charge is 0.465 e. The molecular weight excluding hydrogens is 244 g/mol. The molecule has 0 saturated heterocycles. The number of rotatable bonds is 4. The van der Waals surface area contributed by atoms with Gasteiger partial charge in [-0.25, -0.2) is 4.79 Å². The molecule has 0 heterocycles. The van der Waals surface area contributed by atoms with Gasteiger partial charge in [0.15, 0.2) is 0 Å². The highest BCUT2D eigenvalue weighted by molar-refractivity contribution is 5.89. The van der Waals surface area contributed by atoms with Crippen molar-refractivity contribution in [3.63, 3.8) is 0 Å². The molecule has 1 atom stereocenters. The topological polar surface area (TPSA) is 55.8 Å². The predicted molar refractivity (Wildman–Crippen MR) is 71.8 cm³/mol. The van der Waals surface area contributed by atoms with E-state index in [1.165, 1.54) is 38.5 Å². The number of hydrogen-bond acceptors (Lipinski definition) is 4. The maximum absolute atomic E-state index is 11.3. The van der Waals surface area contributed by atoms with Gasteiger partial charge in [0, 0.05) is 19.5 Å². The fourth-order valence-electron chi connectivity index (χ4n) is 1.30. The van der Waals surface area contributed by atoms with Crippen LogP contribution in [-0.4, -0.2) is 37.5 Å². The Morgan fingerprint density at radius 3 is 2.68 bits per heavy atom. The molecule has 1 aromatic rings. The highest BCUT2D eigenvalue weighted by Gasteiger charge is 2.21. The molecule has 102 valence electrons. The van der Waals surface area contributed by atoms with Crippen molar-refractivity contribution in [3.05, 3.63) is 35.4 Å². The minimum Gasteiger partial charge on any atom is -0.465 e. The van der Waals surface area contributed by atoms with E-state index < -0.39 is 31.4 Å². The summed E-state index contributed by atoms with van der Waals surface area (Å²) >= 11 is 0. The molecule has 0 bridgehead atoms. The number of hydrogen-bond donors (Lipinski definition) is 1. The lowest BCUT2D eigenvalue weighted by atomic mass is 10.0. The predicted octanol–water partition coefficient (Wildman–Crippen LogP) is 1.61. The molecule has 0 aliphatic carbocycles. The summed E-state index contributed by atoms with van der Waals surface area (Å²) in [5.41, 5.74) is -1.87. The zero-order chi connectivity index (χ0) is 18.6. The van der Waals surface area contributed by atoms with Crippen LogP contribution in [0.15, 0.2) is 24.3 Å². The Labute approximate surface area is 120 Å². The van der Waals surface area contributed by atoms with Crippen LogP contribution in [-0.2, 0) is 9.47 Å². The van der Waals surface area contributed by atoms with Crippen LogP contribution in [0.3, 0.4) is 0 Å². The fourth-order valence-corrected chi connectivity index (χ4v) is 1.30. The number of esters is 1. The average Bonchev–Trinajstić information content (AvgIpc) is 2.51. The summed E-state index contributed by atoms with van der Waals surface area (Å²) in [6, 6.07) is 5.84. The first-order valence-electron chi connectivity index (χ1n) is 7.91. The van der Waals surface area contributed by atoms with Gasteiger partial charge >= 0.3 is 5.97 Å². The molecule has 0 spiro atoms. The second-order valence-electron chi connectivity index (χ2n) is 3.74. The summed E-state index contributed by atoms with van der Waals surface area (Å²) in [5, 5.41) is 10.4. The average molecular weight is 267 g/mol. The third-order valence-electron chi connectivity index (χ3n) is 2.28. The number of carbonyl (C=O) groups excluding carboxylic acids is 1. The van der Waals surface area contributed by atoms with Gasteiger partial charge in [-0.15, -0.1) is 0 Å². The van der Waals surface area contributed by atoms with Gasteiger partial charge in [0.2, 0.25) is 0 Å². The Bertz CT molecular complexity index is 643. The van der Waals surface area contributed by atoms with Crippen LogP contribution in [0.25, 0.3) is 0 Å². The van der Waals surface area contributed by atoms with Crippen LogP contribution in [0.1, 0.15) is 36.0 Å². The Hall–Kier alpha value is -1.83. The van der Waals surface area contributed by atoms with Crippen LogP contribution in [0, 0.1) is 11.8 Å². The van der Waals surface area contributed by atoms with E-state index in [-0.39, 0.29) is 0 Å². The van der Waals surface area contributed by atoms with Crippen molar-refractivity contribution < 1.29 is 26.2 Å². The summed E-state index contributed by atoms with van der Waals surface area (Å²) in [6.07, 6.45) is -3.00. The molecule has 0 saturated carbocycles. The standard InChI is InChI=1S/C15H18O4/c1-4-15(17,11-18-2)10-9-12-5-7-13(8-6-12)14(16)19-3/h5-8,17H,4,11H2,1-3H3/i1D3,4D2. The molecule has 0 fully saturated rings. The number of benzene rings is 1. The lowest BCUT2D eigenvalue weighted by Gasteiger charge is -2.18. The summed E-state index contributed by atoms with van der Waals surface area (Å²) in [6.45, 7) is -3.71. The molecular formula is C15H18O4. The van der Waals surface area contributed by atoms with E-state index in [9.17, 15) is 9.90 Å². The molecule has 0 aliphatic rings. The first-order valence-corrected chi connectivity index (χ1v) is 5.41. The quantitative estimate of drug-likeness (QED) is 0.665. The normalized spacial score (nSPS) is 18.4. The Balaban J connectivity index is 3.19. The molecule has 0 aliphatic heterocycles. The van der Waals surface area contributed by atoms with Crippen molar-refractivity contribution in [1.29, 1.82) is 0 Å². The van der Waals surface area contributed by atoms with E-state index in [4.69, 9.17) is 11.6 Å². The van der Waals surface area contributed by atoms with E-state index in [1.54, 1.807) is 0 Å². The van der Waals surface area contributed by atoms with Crippen LogP contribution in [0.5, 0.6) is 0 Å². The first kappa shape index (κ1) is 9.13. The second kappa shape index (κ2) is 6.93. The van der Waals surface area contributed by atoms with Crippen molar-refractivity contribution in [2.75, 3.05) is 20.8 Å². The summed E-state index contributed by atoms with van der Waals surface area (Å²) in [4.78, 5) is 11.3. The number of ether oxygens (including phenoxy) is 2. The van der Waals surface area contributed by atoms with Gasteiger partial charge in [-0.1, -0.05) is 18.7 Å². The van der Waals surface area contributed by atoms with E-state index in [2.05, 4.69) is 16.6 Å². The van der Waals surface area contributed by atoms with Crippen LogP contribution in [0.4, 0.5) is 0 Å². The Morgan fingerprint density at radius 1 is 1.47 bits per heavy atom. The van der Waals surface area contributed by atoms with E-state index >= 15 is 0 Å². The number of methoxy groups -OCH3 is 2.